The molecule has 0 bridgehead atoms. The second-order valence-electron chi connectivity index (χ2n) is 4.33. The van der Waals surface area contributed by atoms with Crippen molar-refractivity contribution in [2.24, 2.45) is 5.92 Å². The summed E-state index contributed by atoms with van der Waals surface area (Å²) in [5.41, 5.74) is 0. The van der Waals surface area contributed by atoms with E-state index in [1.54, 1.807) is 4.90 Å². The van der Waals surface area contributed by atoms with Crippen molar-refractivity contribution >= 4 is 17.5 Å². The van der Waals surface area contributed by atoms with Crippen molar-refractivity contribution in [2.75, 3.05) is 25.1 Å². The number of hydrogen-bond acceptors (Lipinski definition) is 4. The number of ether oxygens (including phenoxy) is 1. The summed E-state index contributed by atoms with van der Waals surface area (Å²) in [6.45, 7) is 3.74. The second kappa shape index (κ2) is 5.28. The first-order chi connectivity index (χ1) is 8.96. The fraction of sp³-hybridized carbons (Fsp3) is 0.500. The van der Waals surface area contributed by atoms with E-state index >= 15 is 0 Å². The van der Waals surface area contributed by atoms with Crippen molar-refractivity contribution < 1.29 is 13.5 Å². The molecule has 0 amide bonds. The predicted molar refractivity (Wildman–Crippen MR) is 69.1 cm³/mol. The van der Waals surface area contributed by atoms with Gasteiger partial charge in [-0.25, -0.2) is 13.8 Å². The van der Waals surface area contributed by atoms with Crippen molar-refractivity contribution in [3.63, 3.8) is 0 Å². The minimum atomic E-state index is -2.74. The number of piperidine rings is 1. The average molecular weight is 290 g/mol. The van der Waals surface area contributed by atoms with Crippen molar-refractivity contribution in [3.05, 3.63) is 23.9 Å². The van der Waals surface area contributed by atoms with E-state index in [1.807, 2.05) is 0 Å². The Hall–Kier alpha value is -1.43. The van der Waals surface area contributed by atoms with Gasteiger partial charge in [0.2, 0.25) is 11.8 Å². The minimum absolute atomic E-state index is 0.111. The van der Waals surface area contributed by atoms with Crippen LogP contribution in [0.15, 0.2) is 18.7 Å². The SMILES string of the molecule is C=CC1CN(c2nc(Cl)cc(OC)n2)CCC1(F)F. The van der Waals surface area contributed by atoms with Gasteiger partial charge in [0.15, 0.2) is 0 Å². The number of anilines is 1. The van der Waals surface area contributed by atoms with Gasteiger partial charge in [0.05, 0.1) is 13.0 Å². The Morgan fingerprint density at radius 2 is 2.32 bits per heavy atom. The lowest BCUT2D eigenvalue weighted by atomic mass is 9.94. The monoisotopic (exact) mass is 289 g/mol. The average Bonchev–Trinajstić information content (AvgIpc) is 2.37. The van der Waals surface area contributed by atoms with Crippen LogP contribution in [0.3, 0.4) is 0 Å². The van der Waals surface area contributed by atoms with Crippen LogP contribution >= 0.6 is 11.6 Å². The second-order valence-corrected chi connectivity index (χ2v) is 4.72. The molecule has 1 unspecified atom stereocenters. The fourth-order valence-corrected chi connectivity index (χ4v) is 2.16. The minimum Gasteiger partial charge on any atom is -0.481 e. The third kappa shape index (κ3) is 2.94. The summed E-state index contributed by atoms with van der Waals surface area (Å²) in [5, 5.41) is 0.217. The van der Waals surface area contributed by atoms with E-state index < -0.39 is 11.8 Å². The summed E-state index contributed by atoms with van der Waals surface area (Å²) in [6.07, 6.45) is 1.01. The van der Waals surface area contributed by atoms with E-state index in [0.29, 0.717) is 11.8 Å². The molecule has 0 N–H and O–H groups in total. The lowest BCUT2D eigenvalue weighted by Gasteiger charge is -2.36. The van der Waals surface area contributed by atoms with Gasteiger partial charge in [-0.3, -0.25) is 0 Å². The molecule has 1 aliphatic heterocycles. The summed E-state index contributed by atoms with van der Waals surface area (Å²) in [6, 6.07) is 1.47. The Labute approximate surface area is 115 Å². The maximum absolute atomic E-state index is 13.6. The highest BCUT2D eigenvalue weighted by atomic mass is 35.5. The molecular weight excluding hydrogens is 276 g/mol. The smallest absolute Gasteiger partial charge is 0.257 e. The van der Waals surface area contributed by atoms with Crippen LogP contribution in [0, 0.1) is 5.92 Å². The van der Waals surface area contributed by atoms with Crippen LogP contribution < -0.4 is 9.64 Å². The van der Waals surface area contributed by atoms with Crippen LogP contribution in [0.4, 0.5) is 14.7 Å². The van der Waals surface area contributed by atoms with Crippen LogP contribution in [0.2, 0.25) is 5.15 Å². The maximum Gasteiger partial charge on any atom is 0.257 e. The van der Waals surface area contributed by atoms with Crippen molar-refractivity contribution in [3.8, 4) is 5.88 Å². The van der Waals surface area contributed by atoms with E-state index in [1.165, 1.54) is 19.3 Å². The number of nitrogens with zero attached hydrogens (tertiary/aromatic N) is 3. The molecule has 2 rings (SSSR count). The molecule has 0 aromatic carbocycles. The third-order valence-corrected chi connectivity index (χ3v) is 3.30. The number of alkyl halides is 2. The number of hydrogen-bond donors (Lipinski definition) is 0. The molecule has 104 valence electrons. The molecule has 19 heavy (non-hydrogen) atoms. The fourth-order valence-electron chi connectivity index (χ4n) is 1.99. The zero-order chi connectivity index (χ0) is 14.0. The zero-order valence-corrected chi connectivity index (χ0v) is 11.2. The molecule has 7 heteroatoms. The highest BCUT2D eigenvalue weighted by Gasteiger charge is 2.42. The van der Waals surface area contributed by atoms with Crippen LogP contribution in [0.5, 0.6) is 5.88 Å². The van der Waals surface area contributed by atoms with E-state index in [4.69, 9.17) is 16.3 Å². The predicted octanol–water partition coefficient (Wildman–Crippen LogP) is 2.79. The maximum atomic E-state index is 13.6. The molecule has 0 saturated carbocycles. The molecule has 0 aliphatic carbocycles. The number of halogens is 3. The van der Waals surface area contributed by atoms with Crippen molar-refractivity contribution in [1.82, 2.24) is 9.97 Å². The summed E-state index contributed by atoms with van der Waals surface area (Å²) >= 11 is 5.85. The first-order valence-corrected chi connectivity index (χ1v) is 6.18. The quantitative estimate of drug-likeness (QED) is 0.633. The topological polar surface area (TPSA) is 38.2 Å². The summed E-state index contributed by atoms with van der Waals surface area (Å²) in [7, 11) is 1.46. The Morgan fingerprint density at radius 1 is 1.58 bits per heavy atom. The van der Waals surface area contributed by atoms with Crippen molar-refractivity contribution in [2.45, 2.75) is 12.3 Å². The largest absolute Gasteiger partial charge is 0.481 e. The van der Waals surface area contributed by atoms with Gasteiger partial charge >= 0.3 is 0 Å². The van der Waals surface area contributed by atoms with Crippen LogP contribution in [-0.2, 0) is 0 Å². The molecule has 1 aliphatic rings. The van der Waals surface area contributed by atoms with Gasteiger partial charge in [-0.15, -0.1) is 6.58 Å². The van der Waals surface area contributed by atoms with Gasteiger partial charge in [0.25, 0.3) is 5.92 Å². The number of aromatic nitrogens is 2. The molecular formula is C12H14ClF2N3O. The number of methoxy groups -OCH3 is 1. The molecule has 1 aromatic rings. The van der Waals surface area contributed by atoms with E-state index in [2.05, 4.69) is 16.5 Å². The summed E-state index contributed by atoms with van der Waals surface area (Å²) in [5.74, 6) is -3.05. The van der Waals surface area contributed by atoms with Gasteiger partial charge in [-0.1, -0.05) is 17.7 Å². The van der Waals surface area contributed by atoms with E-state index in [-0.39, 0.29) is 24.7 Å². The Morgan fingerprint density at radius 3 is 2.95 bits per heavy atom. The van der Waals surface area contributed by atoms with Gasteiger partial charge in [0, 0.05) is 25.6 Å². The Balaban J connectivity index is 2.23. The van der Waals surface area contributed by atoms with Crippen LogP contribution in [0.1, 0.15) is 6.42 Å². The molecule has 1 atom stereocenters. The highest BCUT2D eigenvalue weighted by Crippen LogP contribution is 2.35. The zero-order valence-electron chi connectivity index (χ0n) is 10.4. The highest BCUT2D eigenvalue weighted by molar-refractivity contribution is 6.29. The molecule has 4 nitrogen and oxygen atoms in total. The standard InChI is InChI=1S/C12H14ClF2N3O/c1-3-8-7-18(5-4-12(8,14)15)11-16-9(13)6-10(17-11)19-2/h3,6,8H,1,4-5,7H2,2H3. The molecule has 1 aromatic heterocycles. The van der Waals surface area contributed by atoms with Gasteiger partial charge in [-0.2, -0.15) is 4.98 Å². The van der Waals surface area contributed by atoms with E-state index in [0.717, 1.165) is 0 Å². The first kappa shape index (κ1) is 14.0. The molecule has 1 fully saturated rings. The summed E-state index contributed by atoms with van der Waals surface area (Å²) in [4.78, 5) is 9.83. The van der Waals surface area contributed by atoms with E-state index in [9.17, 15) is 8.78 Å². The Bertz CT molecular complexity index is 484. The van der Waals surface area contributed by atoms with Gasteiger partial charge in [-0.05, 0) is 0 Å². The molecule has 0 spiro atoms. The Kier molecular flexibility index (Phi) is 3.89. The lowest BCUT2D eigenvalue weighted by molar-refractivity contribution is -0.0545. The third-order valence-electron chi connectivity index (χ3n) is 3.11. The van der Waals surface area contributed by atoms with Crippen molar-refractivity contribution in [1.29, 1.82) is 0 Å². The molecule has 1 saturated heterocycles. The molecule has 2 heterocycles. The molecule has 0 radical (unpaired) electrons. The van der Waals surface area contributed by atoms with Crippen LogP contribution in [0.25, 0.3) is 0 Å². The van der Waals surface area contributed by atoms with Gasteiger partial charge < -0.3 is 9.64 Å². The van der Waals surface area contributed by atoms with Crippen LogP contribution in [-0.4, -0.2) is 36.1 Å². The lowest BCUT2D eigenvalue weighted by Crippen LogP contribution is -2.47. The summed E-state index contributed by atoms with van der Waals surface area (Å²) < 4.78 is 32.2. The van der Waals surface area contributed by atoms with Gasteiger partial charge in [0.1, 0.15) is 5.15 Å². The normalized spacial score (nSPS) is 22.1. The first-order valence-electron chi connectivity index (χ1n) is 5.80. The number of rotatable bonds is 3.